The van der Waals surface area contributed by atoms with Crippen molar-refractivity contribution in [3.8, 4) is 5.75 Å². The van der Waals surface area contributed by atoms with Crippen LogP contribution in [0.25, 0.3) is 0 Å². The molecule has 1 aromatic rings. The van der Waals surface area contributed by atoms with Crippen molar-refractivity contribution in [1.29, 1.82) is 0 Å². The second-order valence-electron chi connectivity index (χ2n) is 4.69. The predicted octanol–water partition coefficient (Wildman–Crippen LogP) is 2.68. The number of nitrogens with one attached hydrogen (secondary N) is 1. The number of aryl methyl sites for hydroxylation is 1. The summed E-state index contributed by atoms with van der Waals surface area (Å²) in [6, 6.07) is 6.21. The molecular formula is C14H21NO. The minimum absolute atomic E-state index is 0.761. The smallest absolute Gasteiger partial charge is 0.122 e. The summed E-state index contributed by atoms with van der Waals surface area (Å²) in [5.74, 6) is 1.97. The van der Waals surface area contributed by atoms with Crippen LogP contribution < -0.4 is 10.1 Å². The fraction of sp³-hybridized carbons (Fsp3) is 0.571. The third-order valence-electron chi connectivity index (χ3n) is 3.22. The Balaban J connectivity index is 1.69. The molecule has 1 fully saturated rings. The van der Waals surface area contributed by atoms with E-state index in [2.05, 4.69) is 31.3 Å². The van der Waals surface area contributed by atoms with Crippen LogP contribution in [0.2, 0.25) is 0 Å². The predicted molar refractivity (Wildman–Crippen MR) is 67.0 cm³/mol. The Labute approximate surface area is 98.0 Å². The van der Waals surface area contributed by atoms with E-state index in [-0.39, 0.29) is 0 Å². The van der Waals surface area contributed by atoms with E-state index >= 15 is 0 Å². The van der Waals surface area contributed by atoms with Crippen LogP contribution in [0.15, 0.2) is 18.2 Å². The van der Waals surface area contributed by atoms with Gasteiger partial charge in [0.15, 0.2) is 0 Å². The number of benzene rings is 1. The SMILES string of the molecule is Cc1cccc(OCCNCC2CC2)c1C. The first kappa shape index (κ1) is 11.5. The largest absolute Gasteiger partial charge is 0.492 e. The molecule has 0 atom stereocenters. The maximum absolute atomic E-state index is 5.76. The zero-order chi connectivity index (χ0) is 11.4. The zero-order valence-electron chi connectivity index (χ0n) is 10.3. The van der Waals surface area contributed by atoms with Gasteiger partial charge in [0.1, 0.15) is 12.4 Å². The van der Waals surface area contributed by atoms with Crippen molar-refractivity contribution in [2.75, 3.05) is 19.7 Å². The Bertz CT molecular complexity index is 345. The highest BCUT2D eigenvalue weighted by Crippen LogP contribution is 2.27. The fourth-order valence-corrected chi connectivity index (χ4v) is 1.74. The molecule has 0 unspecified atom stereocenters. The lowest BCUT2D eigenvalue weighted by Crippen LogP contribution is -2.23. The third-order valence-corrected chi connectivity index (χ3v) is 3.22. The molecule has 0 bridgehead atoms. The minimum atomic E-state index is 0.761. The molecule has 2 rings (SSSR count). The first-order chi connectivity index (χ1) is 7.77. The second kappa shape index (κ2) is 5.35. The second-order valence-corrected chi connectivity index (χ2v) is 4.69. The summed E-state index contributed by atoms with van der Waals surface area (Å²) in [6.45, 7) is 7.10. The minimum Gasteiger partial charge on any atom is -0.492 e. The lowest BCUT2D eigenvalue weighted by atomic mass is 10.1. The van der Waals surface area contributed by atoms with Gasteiger partial charge in [0.25, 0.3) is 0 Å². The Morgan fingerprint density at radius 2 is 2.12 bits per heavy atom. The maximum Gasteiger partial charge on any atom is 0.122 e. The van der Waals surface area contributed by atoms with E-state index in [1.807, 2.05) is 6.07 Å². The summed E-state index contributed by atoms with van der Waals surface area (Å²) in [6.07, 6.45) is 2.82. The number of hydrogen-bond donors (Lipinski definition) is 1. The molecule has 0 saturated heterocycles. The molecule has 0 spiro atoms. The summed E-state index contributed by atoms with van der Waals surface area (Å²) in [4.78, 5) is 0. The topological polar surface area (TPSA) is 21.3 Å². The van der Waals surface area contributed by atoms with Crippen molar-refractivity contribution in [2.24, 2.45) is 5.92 Å². The molecule has 0 radical (unpaired) electrons. The van der Waals surface area contributed by atoms with Crippen LogP contribution in [0.5, 0.6) is 5.75 Å². The molecule has 0 amide bonds. The lowest BCUT2D eigenvalue weighted by Gasteiger charge is -2.11. The highest BCUT2D eigenvalue weighted by molar-refractivity contribution is 5.38. The Morgan fingerprint density at radius 1 is 1.31 bits per heavy atom. The van der Waals surface area contributed by atoms with E-state index in [1.165, 1.54) is 24.0 Å². The van der Waals surface area contributed by atoms with E-state index in [4.69, 9.17) is 4.74 Å². The van der Waals surface area contributed by atoms with E-state index in [0.29, 0.717) is 0 Å². The van der Waals surface area contributed by atoms with Gasteiger partial charge in [0, 0.05) is 6.54 Å². The van der Waals surface area contributed by atoms with Gasteiger partial charge in [-0.2, -0.15) is 0 Å². The van der Waals surface area contributed by atoms with Crippen molar-refractivity contribution in [3.63, 3.8) is 0 Å². The summed E-state index contributed by atoms with van der Waals surface area (Å²) in [7, 11) is 0. The molecule has 1 N–H and O–H groups in total. The summed E-state index contributed by atoms with van der Waals surface area (Å²) in [5, 5.41) is 3.43. The van der Waals surface area contributed by atoms with Gasteiger partial charge in [0.2, 0.25) is 0 Å². The van der Waals surface area contributed by atoms with E-state index in [0.717, 1.165) is 31.4 Å². The number of ether oxygens (including phenoxy) is 1. The summed E-state index contributed by atoms with van der Waals surface area (Å²) in [5.41, 5.74) is 2.55. The fourth-order valence-electron chi connectivity index (χ4n) is 1.74. The zero-order valence-corrected chi connectivity index (χ0v) is 10.3. The van der Waals surface area contributed by atoms with Gasteiger partial charge in [-0.3, -0.25) is 0 Å². The molecule has 2 heteroatoms. The molecule has 1 aliphatic rings. The monoisotopic (exact) mass is 219 g/mol. The van der Waals surface area contributed by atoms with Crippen LogP contribution in [-0.4, -0.2) is 19.7 Å². The average Bonchev–Trinajstić information content (AvgIpc) is 3.07. The van der Waals surface area contributed by atoms with Crippen LogP contribution in [0.3, 0.4) is 0 Å². The summed E-state index contributed by atoms with van der Waals surface area (Å²) < 4.78 is 5.76. The van der Waals surface area contributed by atoms with Crippen LogP contribution in [-0.2, 0) is 0 Å². The van der Waals surface area contributed by atoms with Gasteiger partial charge in [-0.1, -0.05) is 12.1 Å². The van der Waals surface area contributed by atoms with E-state index in [9.17, 15) is 0 Å². The van der Waals surface area contributed by atoms with Crippen LogP contribution in [0.1, 0.15) is 24.0 Å². The van der Waals surface area contributed by atoms with Gasteiger partial charge >= 0.3 is 0 Å². The van der Waals surface area contributed by atoms with Crippen LogP contribution in [0.4, 0.5) is 0 Å². The van der Waals surface area contributed by atoms with Crippen molar-refractivity contribution in [2.45, 2.75) is 26.7 Å². The molecule has 2 nitrogen and oxygen atoms in total. The quantitative estimate of drug-likeness (QED) is 0.743. The first-order valence-electron chi connectivity index (χ1n) is 6.17. The van der Waals surface area contributed by atoms with Crippen molar-refractivity contribution in [3.05, 3.63) is 29.3 Å². The molecule has 1 saturated carbocycles. The van der Waals surface area contributed by atoms with Gasteiger partial charge < -0.3 is 10.1 Å². The van der Waals surface area contributed by atoms with Crippen molar-refractivity contribution < 1.29 is 4.74 Å². The molecule has 0 heterocycles. The third kappa shape index (κ3) is 3.24. The molecule has 1 aliphatic carbocycles. The van der Waals surface area contributed by atoms with E-state index < -0.39 is 0 Å². The Kier molecular flexibility index (Phi) is 3.83. The highest BCUT2D eigenvalue weighted by Gasteiger charge is 2.19. The Hall–Kier alpha value is -1.02. The van der Waals surface area contributed by atoms with Crippen LogP contribution in [0, 0.1) is 19.8 Å². The van der Waals surface area contributed by atoms with Gasteiger partial charge in [-0.05, 0) is 56.3 Å². The van der Waals surface area contributed by atoms with Gasteiger partial charge in [-0.25, -0.2) is 0 Å². The molecule has 16 heavy (non-hydrogen) atoms. The number of rotatable bonds is 6. The normalized spacial score (nSPS) is 15.1. The van der Waals surface area contributed by atoms with Gasteiger partial charge in [-0.15, -0.1) is 0 Å². The van der Waals surface area contributed by atoms with E-state index in [1.54, 1.807) is 0 Å². The average molecular weight is 219 g/mol. The Morgan fingerprint density at radius 3 is 2.88 bits per heavy atom. The standard InChI is InChI=1S/C14H21NO/c1-11-4-3-5-14(12(11)2)16-9-8-15-10-13-6-7-13/h3-5,13,15H,6-10H2,1-2H3. The van der Waals surface area contributed by atoms with Gasteiger partial charge in [0.05, 0.1) is 0 Å². The summed E-state index contributed by atoms with van der Waals surface area (Å²) >= 11 is 0. The molecule has 88 valence electrons. The highest BCUT2D eigenvalue weighted by atomic mass is 16.5. The molecule has 1 aromatic carbocycles. The van der Waals surface area contributed by atoms with Crippen LogP contribution >= 0.6 is 0 Å². The number of hydrogen-bond acceptors (Lipinski definition) is 2. The molecule has 0 aliphatic heterocycles. The lowest BCUT2D eigenvalue weighted by molar-refractivity contribution is 0.311. The molecular weight excluding hydrogens is 198 g/mol. The molecule has 0 aromatic heterocycles. The van der Waals surface area contributed by atoms with Crippen molar-refractivity contribution in [1.82, 2.24) is 5.32 Å². The first-order valence-corrected chi connectivity index (χ1v) is 6.17. The maximum atomic E-state index is 5.76. The van der Waals surface area contributed by atoms with Crippen molar-refractivity contribution >= 4 is 0 Å².